The lowest BCUT2D eigenvalue weighted by Gasteiger charge is -2.46. The van der Waals surface area contributed by atoms with E-state index in [9.17, 15) is 0 Å². The Morgan fingerprint density at radius 1 is 1.50 bits per heavy atom. The summed E-state index contributed by atoms with van der Waals surface area (Å²) < 4.78 is 0. The van der Waals surface area contributed by atoms with Crippen LogP contribution < -0.4 is 0 Å². The lowest BCUT2D eigenvalue weighted by atomic mass is 9.76. The van der Waals surface area contributed by atoms with Crippen LogP contribution in [0.4, 0.5) is 0 Å². The van der Waals surface area contributed by atoms with Crippen LogP contribution in [0.5, 0.6) is 0 Å². The Kier molecular flexibility index (Phi) is 3.24. The summed E-state index contributed by atoms with van der Waals surface area (Å²) in [7, 11) is 2.63. The van der Waals surface area contributed by atoms with Crippen LogP contribution in [0.3, 0.4) is 0 Å². The summed E-state index contributed by atoms with van der Waals surface area (Å²) in [5.74, 6) is 1.78. The van der Waals surface area contributed by atoms with Crippen molar-refractivity contribution in [3.05, 3.63) is 0 Å². The lowest BCUT2D eigenvalue weighted by Crippen LogP contribution is -2.51. The molecule has 2 aliphatic heterocycles. The molecule has 0 N–H and O–H groups in total. The molecule has 3 aliphatic rings. The zero-order valence-electron chi connectivity index (χ0n) is 12.0. The number of nitrogens with zero attached hydrogens (tertiary/aromatic N) is 1. The average Bonchev–Trinajstić information content (AvgIpc) is 3.01. The molecule has 1 radical (unpaired) electrons. The van der Waals surface area contributed by atoms with Crippen LogP contribution in [-0.4, -0.2) is 29.3 Å². The molecule has 2 saturated heterocycles. The minimum atomic E-state index is 0.583. The van der Waals surface area contributed by atoms with Gasteiger partial charge in [-0.3, -0.25) is 0 Å². The van der Waals surface area contributed by atoms with Crippen molar-refractivity contribution in [2.75, 3.05) is 0 Å². The van der Waals surface area contributed by atoms with E-state index in [2.05, 4.69) is 33.0 Å². The van der Waals surface area contributed by atoms with Crippen LogP contribution in [-0.2, 0) is 0 Å². The second-order valence-electron chi connectivity index (χ2n) is 6.92. The summed E-state index contributed by atoms with van der Waals surface area (Å²) in [5.41, 5.74) is 0. The molecule has 1 saturated carbocycles. The number of thiocarbonyl (C=S) groups is 1. The summed E-state index contributed by atoms with van der Waals surface area (Å²) in [6.45, 7) is 7.12. The molecular formula is C15H25BNS. The largest absolute Gasteiger partial charge is 0.360 e. The molecule has 0 aromatic carbocycles. The molecule has 0 aromatic rings. The van der Waals surface area contributed by atoms with E-state index >= 15 is 0 Å². The summed E-state index contributed by atoms with van der Waals surface area (Å²) in [5, 5.41) is 0.583. The fourth-order valence-corrected chi connectivity index (χ4v) is 4.89. The van der Waals surface area contributed by atoms with Gasteiger partial charge in [0.05, 0.1) is 4.99 Å². The molecule has 1 aliphatic carbocycles. The van der Waals surface area contributed by atoms with E-state index in [4.69, 9.17) is 12.2 Å². The maximum Gasteiger partial charge on any atom is 0.121 e. The molecule has 3 heteroatoms. The van der Waals surface area contributed by atoms with Gasteiger partial charge < -0.3 is 4.90 Å². The number of hydrogen-bond acceptors (Lipinski definition) is 1. The van der Waals surface area contributed by atoms with Crippen LogP contribution in [0.25, 0.3) is 0 Å². The van der Waals surface area contributed by atoms with E-state index in [1.54, 1.807) is 0 Å². The third-order valence-electron chi connectivity index (χ3n) is 5.79. The van der Waals surface area contributed by atoms with Crippen LogP contribution in [0, 0.1) is 5.92 Å². The fourth-order valence-electron chi connectivity index (χ4n) is 4.46. The summed E-state index contributed by atoms with van der Waals surface area (Å²) >= 11 is 5.68. The van der Waals surface area contributed by atoms with Gasteiger partial charge in [-0.1, -0.05) is 50.0 Å². The van der Waals surface area contributed by atoms with Crippen LogP contribution in [0.15, 0.2) is 0 Å². The minimum absolute atomic E-state index is 0.583. The summed E-state index contributed by atoms with van der Waals surface area (Å²) in [6, 6.07) is 1.38. The van der Waals surface area contributed by atoms with Gasteiger partial charge in [0.2, 0.25) is 0 Å². The molecule has 0 bridgehead atoms. The van der Waals surface area contributed by atoms with E-state index < -0.39 is 0 Å². The predicted molar refractivity (Wildman–Crippen MR) is 82.4 cm³/mol. The molecule has 5 atom stereocenters. The normalized spacial score (nSPS) is 44.5. The first kappa shape index (κ1) is 13.0. The van der Waals surface area contributed by atoms with Crippen molar-refractivity contribution in [1.82, 2.24) is 4.90 Å². The highest BCUT2D eigenvalue weighted by Crippen LogP contribution is 2.67. The third kappa shape index (κ3) is 1.93. The number of piperidine rings is 1. The van der Waals surface area contributed by atoms with E-state index in [-0.39, 0.29) is 0 Å². The Bertz CT molecular complexity index is 358. The molecule has 3 rings (SSSR count). The number of hydrogen-bond donors (Lipinski definition) is 0. The first-order valence-electron chi connectivity index (χ1n) is 7.74. The molecule has 2 heterocycles. The van der Waals surface area contributed by atoms with Crippen molar-refractivity contribution in [3.63, 3.8) is 0 Å². The Hall–Kier alpha value is -0.0451. The van der Waals surface area contributed by atoms with Crippen molar-refractivity contribution in [2.24, 2.45) is 5.92 Å². The molecular weight excluding hydrogens is 237 g/mol. The Balaban J connectivity index is 1.84. The zero-order valence-corrected chi connectivity index (χ0v) is 12.8. The molecule has 1 nitrogen and oxygen atoms in total. The molecule has 0 spiro atoms. The van der Waals surface area contributed by atoms with Crippen molar-refractivity contribution in [3.8, 4) is 0 Å². The van der Waals surface area contributed by atoms with Gasteiger partial charge in [-0.2, -0.15) is 0 Å². The van der Waals surface area contributed by atoms with E-state index in [1.165, 1.54) is 37.1 Å². The fraction of sp³-hybridized carbons (Fsp3) is 0.933. The van der Waals surface area contributed by atoms with Crippen molar-refractivity contribution >= 4 is 24.5 Å². The van der Waals surface area contributed by atoms with E-state index in [0.29, 0.717) is 11.4 Å². The van der Waals surface area contributed by atoms with E-state index in [0.717, 1.165) is 24.2 Å². The van der Waals surface area contributed by atoms with Gasteiger partial charge in [-0.05, 0) is 38.5 Å². The van der Waals surface area contributed by atoms with Crippen LogP contribution in [0.2, 0.25) is 11.1 Å². The van der Waals surface area contributed by atoms with Crippen molar-refractivity contribution in [1.29, 1.82) is 0 Å². The van der Waals surface area contributed by atoms with Gasteiger partial charge in [0.1, 0.15) is 7.28 Å². The van der Waals surface area contributed by atoms with Crippen LogP contribution >= 0.6 is 12.2 Å². The highest BCUT2D eigenvalue weighted by Gasteiger charge is 2.58. The van der Waals surface area contributed by atoms with Crippen LogP contribution in [0.1, 0.15) is 59.3 Å². The third-order valence-corrected chi connectivity index (χ3v) is 6.20. The Morgan fingerprint density at radius 3 is 3.00 bits per heavy atom. The van der Waals surface area contributed by atoms with E-state index in [1.807, 2.05) is 0 Å². The van der Waals surface area contributed by atoms with Crippen molar-refractivity contribution in [2.45, 2.75) is 82.5 Å². The van der Waals surface area contributed by atoms with Gasteiger partial charge in [0.25, 0.3) is 0 Å². The summed E-state index contributed by atoms with van der Waals surface area (Å²) in [4.78, 5) is 3.87. The molecule has 18 heavy (non-hydrogen) atoms. The standard InChI is InChI=1S/C15H25BNS/c1-4-10(2)17-12-6-5-9-15(3)14(16-15)11(12)7-8-13(17)18/h10-12,14H,4-9H2,1-3H3. The topological polar surface area (TPSA) is 3.24 Å². The number of likely N-dealkylation sites (tertiary alicyclic amines) is 1. The zero-order chi connectivity index (χ0) is 12.9. The van der Waals surface area contributed by atoms with Gasteiger partial charge in [-0.15, -0.1) is 0 Å². The first-order valence-corrected chi connectivity index (χ1v) is 8.15. The monoisotopic (exact) mass is 262 g/mol. The molecule has 0 aromatic heterocycles. The van der Waals surface area contributed by atoms with Gasteiger partial charge >= 0.3 is 0 Å². The molecule has 0 amide bonds. The Morgan fingerprint density at radius 2 is 2.28 bits per heavy atom. The second kappa shape index (κ2) is 4.50. The predicted octanol–water partition coefficient (Wildman–Crippen LogP) is 4.06. The lowest BCUT2D eigenvalue weighted by molar-refractivity contribution is 0.147. The second-order valence-corrected chi connectivity index (χ2v) is 7.39. The van der Waals surface area contributed by atoms with Gasteiger partial charge in [0.15, 0.2) is 0 Å². The minimum Gasteiger partial charge on any atom is -0.360 e. The van der Waals surface area contributed by atoms with Crippen molar-refractivity contribution < 1.29 is 0 Å². The van der Waals surface area contributed by atoms with Gasteiger partial charge in [0, 0.05) is 12.1 Å². The molecule has 5 unspecified atom stereocenters. The average molecular weight is 262 g/mol. The number of fused-ring (bicyclic) bond motifs is 3. The van der Waals surface area contributed by atoms with Gasteiger partial charge in [-0.25, -0.2) is 0 Å². The quantitative estimate of drug-likeness (QED) is 0.545. The first-order chi connectivity index (χ1) is 8.57. The Labute approximate surface area is 118 Å². The SMILES string of the molecule is CCC(C)N1C(=S)CCC2C1CCCC1(C)[B]C21. The molecule has 99 valence electrons. The summed E-state index contributed by atoms with van der Waals surface area (Å²) in [6.07, 6.45) is 7.88. The molecule has 3 fully saturated rings. The highest BCUT2D eigenvalue weighted by molar-refractivity contribution is 7.80. The number of rotatable bonds is 2. The highest BCUT2D eigenvalue weighted by atomic mass is 32.1. The maximum absolute atomic E-state index is 5.68. The smallest absolute Gasteiger partial charge is 0.121 e. The maximum atomic E-state index is 5.68.